The molecule has 1 aliphatic heterocycles. The second kappa shape index (κ2) is 5.59. The number of carbonyl (C=O) groups is 1. The van der Waals surface area contributed by atoms with Crippen molar-refractivity contribution in [3.05, 3.63) is 29.6 Å². The van der Waals surface area contributed by atoms with E-state index in [4.69, 9.17) is 0 Å². The van der Waals surface area contributed by atoms with E-state index in [1.807, 2.05) is 6.92 Å². The first-order valence-electron chi connectivity index (χ1n) is 7.52. The lowest BCUT2D eigenvalue weighted by atomic mass is 10.1. The molecule has 0 radical (unpaired) electrons. The standard InChI is InChI=1S/C15H19N5O3S/c1-9-7-12-8-13(5-6-14(12)20(9)11(3)21)24(22,23)18-15-16-10(2)17-19(15)4/h5-6,8-9H,7H2,1-4H3,(H,16,17,18)/t9-/m1/s1. The van der Waals surface area contributed by atoms with E-state index >= 15 is 0 Å². The molecule has 1 atom stereocenters. The summed E-state index contributed by atoms with van der Waals surface area (Å²) in [5, 5.41) is 4.02. The van der Waals surface area contributed by atoms with Crippen LogP contribution in [0.25, 0.3) is 0 Å². The molecule has 128 valence electrons. The molecule has 0 bridgehead atoms. The van der Waals surface area contributed by atoms with E-state index in [1.165, 1.54) is 17.7 Å². The Morgan fingerprint density at radius 3 is 2.67 bits per heavy atom. The lowest BCUT2D eigenvalue weighted by Gasteiger charge is -2.20. The van der Waals surface area contributed by atoms with Gasteiger partial charge in [0.2, 0.25) is 11.9 Å². The van der Waals surface area contributed by atoms with Gasteiger partial charge in [0.05, 0.1) is 4.90 Å². The van der Waals surface area contributed by atoms with Gasteiger partial charge in [0.25, 0.3) is 10.0 Å². The van der Waals surface area contributed by atoms with Crippen molar-refractivity contribution in [1.29, 1.82) is 0 Å². The van der Waals surface area contributed by atoms with Crippen molar-refractivity contribution < 1.29 is 13.2 Å². The average molecular weight is 349 g/mol. The Balaban J connectivity index is 1.95. The minimum Gasteiger partial charge on any atom is -0.309 e. The highest BCUT2D eigenvalue weighted by molar-refractivity contribution is 7.92. The molecular weight excluding hydrogens is 330 g/mol. The van der Waals surface area contributed by atoms with Gasteiger partial charge in [-0.05, 0) is 44.0 Å². The van der Waals surface area contributed by atoms with Crippen LogP contribution in [0.15, 0.2) is 23.1 Å². The monoisotopic (exact) mass is 349 g/mol. The molecule has 3 rings (SSSR count). The highest BCUT2D eigenvalue weighted by Crippen LogP contribution is 2.34. The van der Waals surface area contributed by atoms with Crippen LogP contribution in [0, 0.1) is 6.92 Å². The molecule has 2 aromatic rings. The quantitative estimate of drug-likeness (QED) is 0.899. The van der Waals surface area contributed by atoms with Gasteiger partial charge in [0, 0.05) is 25.7 Å². The molecule has 8 nitrogen and oxygen atoms in total. The van der Waals surface area contributed by atoms with Crippen molar-refractivity contribution in [2.45, 2.75) is 38.1 Å². The summed E-state index contributed by atoms with van der Waals surface area (Å²) >= 11 is 0. The summed E-state index contributed by atoms with van der Waals surface area (Å²) in [6, 6.07) is 4.81. The van der Waals surface area contributed by atoms with E-state index in [0.717, 1.165) is 11.3 Å². The van der Waals surface area contributed by atoms with Crippen LogP contribution in [-0.4, -0.2) is 35.1 Å². The van der Waals surface area contributed by atoms with E-state index in [0.29, 0.717) is 12.2 Å². The van der Waals surface area contributed by atoms with Crippen LogP contribution in [0.1, 0.15) is 25.2 Å². The highest BCUT2D eigenvalue weighted by Gasteiger charge is 2.30. The third-order valence-electron chi connectivity index (χ3n) is 4.01. The molecule has 1 aromatic heterocycles. The number of hydrogen-bond donors (Lipinski definition) is 1. The summed E-state index contributed by atoms with van der Waals surface area (Å²) in [6.45, 7) is 5.13. The summed E-state index contributed by atoms with van der Waals surface area (Å²) in [5.74, 6) is 0.589. The molecule has 0 aliphatic carbocycles. The van der Waals surface area contributed by atoms with Gasteiger partial charge in [-0.1, -0.05) is 0 Å². The van der Waals surface area contributed by atoms with Crippen molar-refractivity contribution in [3.63, 3.8) is 0 Å². The number of amides is 1. The van der Waals surface area contributed by atoms with Crippen LogP contribution in [0.5, 0.6) is 0 Å². The summed E-state index contributed by atoms with van der Waals surface area (Å²) in [4.78, 5) is 17.6. The molecule has 1 amide bonds. The van der Waals surface area contributed by atoms with E-state index in [9.17, 15) is 13.2 Å². The maximum Gasteiger partial charge on any atom is 0.264 e. The zero-order chi connectivity index (χ0) is 17.6. The number of nitrogens with one attached hydrogen (secondary N) is 1. The number of aryl methyl sites for hydroxylation is 2. The number of benzene rings is 1. The lowest BCUT2D eigenvalue weighted by molar-refractivity contribution is -0.116. The fraction of sp³-hybridized carbons (Fsp3) is 0.400. The van der Waals surface area contributed by atoms with Crippen LogP contribution >= 0.6 is 0 Å². The van der Waals surface area contributed by atoms with Gasteiger partial charge in [-0.15, -0.1) is 0 Å². The maximum absolute atomic E-state index is 12.6. The van der Waals surface area contributed by atoms with E-state index in [-0.39, 0.29) is 22.8 Å². The Labute approximate surface area is 140 Å². The van der Waals surface area contributed by atoms with Crippen molar-refractivity contribution in [2.24, 2.45) is 7.05 Å². The Bertz CT molecular complexity index is 919. The number of carbonyl (C=O) groups excluding carboxylic acids is 1. The van der Waals surface area contributed by atoms with Crippen LogP contribution < -0.4 is 9.62 Å². The predicted octanol–water partition coefficient (Wildman–Crippen LogP) is 1.22. The highest BCUT2D eigenvalue weighted by atomic mass is 32.2. The van der Waals surface area contributed by atoms with Gasteiger partial charge < -0.3 is 4.90 Å². The normalized spacial score (nSPS) is 17.0. The largest absolute Gasteiger partial charge is 0.309 e. The predicted molar refractivity (Wildman–Crippen MR) is 89.3 cm³/mol. The lowest BCUT2D eigenvalue weighted by Crippen LogP contribution is -2.33. The Morgan fingerprint density at radius 1 is 1.38 bits per heavy atom. The number of hydrogen-bond acceptors (Lipinski definition) is 5. The molecule has 0 saturated carbocycles. The van der Waals surface area contributed by atoms with Crippen molar-refractivity contribution in [3.8, 4) is 0 Å². The number of nitrogens with zero attached hydrogens (tertiary/aromatic N) is 4. The van der Waals surface area contributed by atoms with Gasteiger partial charge in [-0.2, -0.15) is 10.1 Å². The minimum atomic E-state index is -3.78. The van der Waals surface area contributed by atoms with Crippen LogP contribution in [0.3, 0.4) is 0 Å². The second-order valence-corrected chi connectivity index (χ2v) is 7.63. The van der Waals surface area contributed by atoms with Gasteiger partial charge in [0.1, 0.15) is 5.82 Å². The third-order valence-corrected chi connectivity index (χ3v) is 5.34. The van der Waals surface area contributed by atoms with E-state index in [1.54, 1.807) is 31.0 Å². The molecule has 1 aromatic carbocycles. The van der Waals surface area contributed by atoms with Crippen LogP contribution in [-0.2, 0) is 28.3 Å². The molecule has 24 heavy (non-hydrogen) atoms. The molecule has 0 spiro atoms. The Morgan fingerprint density at radius 2 is 2.08 bits per heavy atom. The fourth-order valence-electron chi connectivity index (χ4n) is 3.03. The molecule has 0 unspecified atom stereocenters. The smallest absolute Gasteiger partial charge is 0.264 e. The van der Waals surface area contributed by atoms with E-state index in [2.05, 4.69) is 14.8 Å². The number of fused-ring (bicyclic) bond motifs is 1. The first-order valence-corrected chi connectivity index (χ1v) is 9.00. The van der Waals surface area contributed by atoms with Crippen LogP contribution in [0.2, 0.25) is 0 Å². The number of aromatic nitrogens is 3. The SMILES string of the molecule is CC(=O)N1c2ccc(S(=O)(=O)Nc3nc(C)nn3C)cc2C[C@H]1C. The van der Waals surface area contributed by atoms with Gasteiger partial charge in [-0.25, -0.2) is 17.8 Å². The van der Waals surface area contributed by atoms with Crippen LogP contribution in [0.4, 0.5) is 11.6 Å². The number of rotatable bonds is 3. The number of sulfonamides is 1. The van der Waals surface area contributed by atoms with Gasteiger partial charge >= 0.3 is 0 Å². The summed E-state index contributed by atoms with van der Waals surface area (Å²) in [6.07, 6.45) is 0.626. The molecular formula is C15H19N5O3S. The Kier molecular flexibility index (Phi) is 3.83. The second-order valence-electron chi connectivity index (χ2n) is 5.94. The summed E-state index contributed by atoms with van der Waals surface area (Å²) < 4.78 is 29.0. The maximum atomic E-state index is 12.6. The first kappa shape index (κ1) is 16.4. The zero-order valence-electron chi connectivity index (χ0n) is 13.9. The van der Waals surface area contributed by atoms with Gasteiger partial charge in [0.15, 0.2) is 0 Å². The number of anilines is 2. The summed E-state index contributed by atoms with van der Waals surface area (Å²) in [7, 11) is -2.16. The van der Waals surface area contributed by atoms with E-state index < -0.39 is 10.0 Å². The first-order chi connectivity index (χ1) is 11.2. The topological polar surface area (TPSA) is 97.2 Å². The molecule has 1 N–H and O–H groups in total. The molecule has 2 heterocycles. The van der Waals surface area contributed by atoms with Crippen molar-refractivity contribution in [2.75, 3.05) is 9.62 Å². The van der Waals surface area contributed by atoms with Gasteiger partial charge in [-0.3, -0.25) is 4.79 Å². The zero-order valence-corrected chi connectivity index (χ0v) is 14.8. The summed E-state index contributed by atoms with van der Waals surface area (Å²) in [5.41, 5.74) is 1.61. The molecule has 9 heteroatoms. The fourth-order valence-corrected chi connectivity index (χ4v) is 4.12. The minimum absolute atomic E-state index is 0.0183. The average Bonchev–Trinajstić information content (AvgIpc) is 2.95. The molecule has 0 saturated heterocycles. The Hall–Kier alpha value is -2.42. The molecule has 0 fully saturated rings. The molecule has 1 aliphatic rings. The van der Waals surface area contributed by atoms with Crippen molar-refractivity contribution >= 4 is 27.6 Å². The third kappa shape index (κ3) is 2.75. The van der Waals surface area contributed by atoms with Crippen molar-refractivity contribution in [1.82, 2.24) is 14.8 Å².